The molecule has 0 saturated heterocycles. The van der Waals surface area contributed by atoms with Crippen molar-refractivity contribution in [1.82, 2.24) is 0 Å². The summed E-state index contributed by atoms with van der Waals surface area (Å²) in [6.07, 6.45) is -0.247. The summed E-state index contributed by atoms with van der Waals surface area (Å²) in [5, 5.41) is 12.9. The van der Waals surface area contributed by atoms with E-state index in [1.165, 1.54) is 0 Å². The van der Waals surface area contributed by atoms with Crippen LogP contribution in [0.15, 0.2) is 88.5 Å². The highest BCUT2D eigenvalue weighted by atomic mass is 79.9. The number of amides is 1. The van der Waals surface area contributed by atoms with Gasteiger partial charge in [0.2, 0.25) is 0 Å². The molecule has 5 nitrogen and oxygen atoms in total. The number of hydrogen-bond donors (Lipinski definition) is 2. The minimum Gasteiger partial charge on any atom is -0.481 e. The SMILES string of the molecule is Cc1ccc(NC2=C(CC(=O)O)C(c3ccc(Br)cc3)N(c3ccc(C)cc3)C2=O)cc1. The van der Waals surface area contributed by atoms with Gasteiger partial charge in [0.1, 0.15) is 5.70 Å². The first-order valence-corrected chi connectivity index (χ1v) is 11.1. The molecule has 6 heteroatoms. The van der Waals surface area contributed by atoms with Crippen molar-refractivity contribution in [2.75, 3.05) is 10.2 Å². The largest absolute Gasteiger partial charge is 0.481 e. The van der Waals surface area contributed by atoms with E-state index in [0.717, 1.165) is 32.5 Å². The highest BCUT2D eigenvalue weighted by Gasteiger charge is 2.41. The standard InChI is InChI=1S/C26H23BrN2O3/c1-16-3-11-20(12-4-16)28-24-22(15-23(30)31)25(18-7-9-19(27)10-8-18)29(26(24)32)21-13-5-17(2)6-14-21/h3-14,25,28H,15H2,1-2H3,(H,30,31). The average Bonchev–Trinajstić information content (AvgIpc) is 3.02. The van der Waals surface area contributed by atoms with Crippen LogP contribution in [0.4, 0.5) is 11.4 Å². The Bertz CT molecular complexity index is 1180. The van der Waals surface area contributed by atoms with Crippen LogP contribution in [0, 0.1) is 13.8 Å². The smallest absolute Gasteiger partial charge is 0.307 e. The van der Waals surface area contributed by atoms with Crippen molar-refractivity contribution < 1.29 is 14.7 Å². The predicted molar refractivity (Wildman–Crippen MR) is 130 cm³/mol. The minimum atomic E-state index is -0.983. The Hall–Kier alpha value is -3.38. The quantitative estimate of drug-likeness (QED) is 0.444. The second kappa shape index (κ2) is 9.01. The normalized spacial score (nSPS) is 15.9. The summed E-state index contributed by atoms with van der Waals surface area (Å²) >= 11 is 3.45. The molecule has 1 aliphatic heterocycles. The summed E-state index contributed by atoms with van der Waals surface area (Å²) in [6, 6.07) is 22.5. The molecule has 4 rings (SSSR count). The van der Waals surface area contributed by atoms with E-state index in [4.69, 9.17) is 0 Å². The Morgan fingerprint density at radius 2 is 1.50 bits per heavy atom. The zero-order valence-corrected chi connectivity index (χ0v) is 19.4. The van der Waals surface area contributed by atoms with Crippen LogP contribution < -0.4 is 10.2 Å². The maximum absolute atomic E-state index is 13.7. The first-order chi connectivity index (χ1) is 15.3. The van der Waals surface area contributed by atoms with Gasteiger partial charge >= 0.3 is 5.97 Å². The van der Waals surface area contributed by atoms with E-state index in [1.54, 1.807) is 4.90 Å². The van der Waals surface area contributed by atoms with Crippen molar-refractivity contribution in [3.8, 4) is 0 Å². The molecule has 0 saturated carbocycles. The number of nitrogens with one attached hydrogen (secondary N) is 1. The van der Waals surface area contributed by atoms with Gasteiger partial charge < -0.3 is 10.4 Å². The predicted octanol–water partition coefficient (Wildman–Crippen LogP) is 5.99. The molecule has 1 aliphatic rings. The molecule has 0 bridgehead atoms. The van der Waals surface area contributed by atoms with E-state index < -0.39 is 12.0 Å². The summed E-state index contributed by atoms with van der Waals surface area (Å²) in [6.45, 7) is 3.97. The third-order valence-electron chi connectivity index (χ3n) is 5.50. The number of hydrogen-bond acceptors (Lipinski definition) is 3. The third-order valence-corrected chi connectivity index (χ3v) is 6.03. The van der Waals surface area contributed by atoms with Gasteiger partial charge in [-0.05, 0) is 61.4 Å². The highest BCUT2D eigenvalue weighted by molar-refractivity contribution is 9.10. The number of aliphatic carboxylic acids is 1. The van der Waals surface area contributed by atoms with Crippen molar-refractivity contribution in [3.05, 3.63) is 105 Å². The van der Waals surface area contributed by atoms with E-state index in [1.807, 2.05) is 86.6 Å². The molecular weight excluding hydrogens is 468 g/mol. The third kappa shape index (κ3) is 4.46. The van der Waals surface area contributed by atoms with Gasteiger partial charge in [-0.3, -0.25) is 14.5 Å². The van der Waals surface area contributed by atoms with E-state index in [2.05, 4.69) is 21.2 Å². The van der Waals surface area contributed by atoms with Crippen LogP contribution in [0.2, 0.25) is 0 Å². The van der Waals surface area contributed by atoms with Gasteiger partial charge in [0.15, 0.2) is 0 Å². The molecule has 162 valence electrons. The molecule has 1 heterocycles. The molecule has 1 amide bonds. The second-order valence-electron chi connectivity index (χ2n) is 7.93. The van der Waals surface area contributed by atoms with Crippen LogP contribution in [-0.2, 0) is 9.59 Å². The molecule has 0 aromatic heterocycles. The molecule has 32 heavy (non-hydrogen) atoms. The summed E-state index contributed by atoms with van der Waals surface area (Å²) in [4.78, 5) is 27.2. The zero-order valence-electron chi connectivity index (χ0n) is 17.8. The molecule has 0 spiro atoms. The van der Waals surface area contributed by atoms with Gasteiger partial charge in [0.05, 0.1) is 12.5 Å². The number of halogens is 1. The maximum atomic E-state index is 13.7. The molecule has 3 aromatic rings. The highest BCUT2D eigenvalue weighted by Crippen LogP contribution is 2.43. The Balaban J connectivity index is 1.86. The van der Waals surface area contributed by atoms with Gasteiger partial charge in [-0.15, -0.1) is 0 Å². The van der Waals surface area contributed by atoms with Crippen molar-refractivity contribution in [3.63, 3.8) is 0 Å². The fourth-order valence-electron chi connectivity index (χ4n) is 3.90. The van der Waals surface area contributed by atoms with Crippen LogP contribution >= 0.6 is 15.9 Å². The lowest BCUT2D eigenvalue weighted by molar-refractivity contribution is -0.136. The Morgan fingerprint density at radius 3 is 2.06 bits per heavy atom. The fraction of sp³-hybridized carbons (Fsp3) is 0.154. The van der Waals surface area contributed by atoms with Crippen LogP contribution in [0.1, 0.15) is 29.2 Å². The lowest BCUT2D eigenvalue weighted by atomic mass is 9.96. The number of rotatable bonds is 6. The van der Waals surface area contributed by atoms with Crippen molar-refractivity contribution in [2.24, 2.45) is 0 Å². The number of benzene rings is 3. The van der Waals surface area contributed by atoms with Gasteiger partial charge in [-0.1, -0.05) is 63.5 Å². The van der Waals surface area contributed by atoms with E-state index in [9.17, 15) is 14.7 Å². The molecule has 1 atom stereocenters. The Labute approximate surface area is 195 Å². The second-order valence-corrected chi connectivity index (χ2v) is 8.84. The summed E-state index contributed by atoms with van der Waals surface area (Å²) < 4.78 is 0.911. The van der Waals surface area contributed by atoms with E-state index >= 15 is 0 Å². The monoisotopic (exact) mass is 490 g/mol. The van der Waals surface area contributed by atoms with Crippen molar-refractivity contribution >= 4 is 39.2 Å². The average molecular weight is 491 g/mol. The maximum Gasteiger partial charge on any atom is 0.307 e. The number of nitrogens with zero attached hydrogens (tertiary/aromatic N) is 1. The molecule has 1 unspecified atom stereocenters. The topological polar surface area (TPSA) is 69.6 Å². The molecule has 2 N–H and O–H groups in total. The Kier molecular flexibility index (Phi) is 6.15. The number of carbonyl (C=O) groups excluding carboxylic acids is 1. The molecule has 0 radical (unpaired) electrons. The van der Waals surface area contributed by atoms with Crippen LogP contribution in [0.3, 0.4) is 0 Å². The zero-order chi connectivity index (χ0) is 22.8. The number of carboxylic acids is 1. The number of carboxylic acid groups (broad SMARTS) is 1. The van der Waals surface area contributed by atoms with Crippen molar-refractivity contribution in [1.29, 1.82) is 0 Å². The van der Waals surface area contributed by atoms with Crippen LogP contribution in [0.5, 0.6) is 0 Å². The molecule has 0 aliphatic carbocycles. The molecular formula is C26H23BrN2O3. The summed E-state index contributed by atoms with van der Waals surface area (Å²) in [7, 11) is 0. The summed E-state index contributed by atoms with van der Waals surface area (Å²) in [5.41, 5.74) is 5.33. The Morgan fingerprint density at radius 1 is 0.938 bits per heavy atom. The number of anilines is 2. The molecule has 0 fully saturated rings. The fourth-order valence-corrected chi connectivity index (χ4v) is 4.16. The lowest BCUT2D eigenvalue weighted by Gasteiger charge is -2.27. The molecule has 3 aromatic carbocycles. The van der Waals surface area contributed by atoms with Crippen LogP contribution in [-0.4, -0.2) is 17.0 Å². The number of carbonyl (C=O) groups is 2. The first-order valence-electron chi connectivity index (χ1n) is 10.3. The van der Waals surface area contributed by atoms with Gasteiger partial charge in [0.25, 0.3) is 5.91 Å². The minimum absolute atomic E-state index is 0.247. The van der Waals surface area contributed by atoms with E-state index in [-0.39, 0.29) is 12.3 Å². The number of aryl methyl sites for hydroxylation is 2. The lowest BCUT2D eigenvalue weighted by Crippen LogP contribution is -2.31. The van der Waals surface area contributed by atoms with Crippen LogP contribution in [0.25, 0.3) is 0 Å². The van der Waals surface area contributed by atoms with E-state index in [0.29, 0.717) is 11.3 Å². The van der Waals surface area contributed by atoms with Gasteiger partial charge in [-0.2, -0.15) is 0 Å². The van der Waals surface area contributed by atoms with Gasteiger partial charge in [0, 0.05) is 15.8 Å². The summed E-state index contributed by atoms with van der Waals surface area (Å²) in [5.74, 6) is -1.23. The van der Waals surface area contributed by atoms with Gasteiger partial charge in [-0.25, -0.2) is 0 Å². The van der Waals surface area contributed by atoms with Crippen molar-refractivity contribution in [2.45, 2.75) is 26.3 Å². The first kappa shape index (κ1) is 21.8.